The summed E-state index contributed by atoms with van der Waals surface area (Å²) < 4.78 is 32.8. The van der Waals surface area contributed by atoms with Crippen LogP contribution < -0.4 is 10.1 Å². The number of alkyl halides is 2. The first-order chi connectivity index (χ1) is 10.1. The Hall–Kier alpha value is -2.61. The van der Waals surface area contributed by atoms with Gasteiger partial charge in [-0.05, 0) is 29.8 Å². The van der Waals surface area contributed by atoms with E-state index in [1.54, 1.807) is 54.6 Å². The SMILES string of the molecule is COc1ccc(NC(c2ccccc2)C(F)(F)C#N)cc1. The van der Waals surface area contributed by atoms with Gasteiger partial charge in [-0.1, -0.05) is 30.3 Å². The topological polar surface area (TPSA) is 45.0 Å². The first-order valence-corrected chi connectivity index (χ1v) is 6.31. The van der Waals surface area contributed by atoms with Gasteiger partial charge in [-0.25, -0.2) is 0 Å². The van der Waals surface area contributed by atoms with Crippen molar-refractivity contribution >= 4 is 5.69 Å². The Morgan fingerprint density at radius 3 is 2.24 bits per heavy atom. The van der Waals surface area contributed by atoms with Gasteiger partial charge in [0.05, 0.1) is 7.11 Å². The summed E-state index contributed by atoms with van der Waals surface area (Å²) in [5.41, 5.74) is 0.833. The summed E-state index contributed by atoms with van der Waals surface area (Å²) >= 11 is 0. The van der Waals surface area contributed by atoms with Crippen LogP contribution >= 0.6 is 0 Å². The molecule has 0 saturated carbocycles. The third kappa shape index (κ3) is 3.48. The summed E-state index contributed by atoms with van der Waals surface area (Å²) in [5, 5.41) is 11.4. The van der Waals surface area contributed by atoms with Crippen molar-refractivity contribution in [3.8, 4) is 11.8 Å². The smallest absolute Gasteiger partial charge is 0.355 e. The molecule has 1 unspecified atom stereocenters. The molecule has 2 aromatic carbocycles. The van der Waals surface area contributed by atoms with Crippen molar-refractivity contribution in [3.63, 3.8) is 0 Å². The Morgan fingerprint density at radius 2 is 1.71 bits per heavy atom. The minimum Gasteiger partial charge on any atom is -0.497 e. The molecular formula is C16H14F2N2O. The Balaban J connectivity index is 2.30. The Bertz CT molecular complexity index is 621. The van der Waals surface area contributed by atoms with Gasteiger partial charge in [-0.2, -0.15) is 14.0 Å². The van der Waals surface area contributed by atoms with Gasteiger partial charge in [0.25, 0.3) is 0 Å². The predicted molar refractivity (Wildman–Crippen MR) is 76.4 cm³/mol. The number of nitriles is 1. The predicted octanol–water partition coefficient (Wildman–Crippen LogP) is 4.01. The molecule has 0 fully saturated rings. The lowest BCUT2D eigenvalue weighted by Gasteiger charge is -2.24. The lowest BCUT2D eigenvalue weighted by molar-refractivity contribution is 0.0416. The van der Waals surface area contributed by atoms with Crippen molar-refractivity contribution in [2.45, 2.75) is 12.0 Å². The molecule has 0 aliphatic rings. The van der Waals surface area contributed by atoms with E-state index in [1.165, 1.54) is 7.11 Å². The van der Waals surface area contributed by atoms with E-state index >= 15 is 0 Å². The fourth-order valence-electron chi connectivity index (χ4n) is 1.95. The Kier molecular flexibility index (Phi) is 4.39. The molecule has 21 heavy (non-hydrogen) atoms. The highest BCUT2D eigenvalue weighted by Crippen LogP contribution is 2.34. The van der Waals surface area contributed by atoms with Crippen molar-refractivity contribution in [2.75, 3.05) is 12.4 Å². The molecule has 0 saturated heterocycles. The fraction of sp³-hybridized carbons (Fsp3) is 0.188. The van der Waals surface area contributed by atoms with Crippen LogP contribution in [-0.4, -0.2) is 13.0 Å². The second-order valence-corrected chi connectivity index (χ2v) is 4.45. The summed E-state index contributed by atoms with van der Waals surface area (Å²) in [7, 11) is 1.53. The van der Waals surface area contributed by atoms with Gasteiger partial charge in [-0.15, -0.1) is 0 Å². The molecule has 0 aliphatic heterocycles. The van der Waals surface area contributed by atoms with Crippen LogP contribution in [0.15, 0.2) is 54.6 Å². The standard InChI is InChI=1S/C16H14F2N2O/c1-21-14-9-7-13(8-10-14)20-15(16(17,18)11-19)12-5-3-2-4-6-12/h2-10,15,20H,1H3. The molecule has 3 nitrogen and oxygen atoms in total. The van der Waals surface area contributed by atoms with Crippen LogP contribution in [0.3, 0.4) is 0 Å². The van der Waals surface area contributed by atoms with E-state index in [-0.39, 0.29) is 0 Å². The molecule has 108 valence electrons. The average molecular weight is 288 g/mol. The van der Waals surface area contributed by atoms with Crippen molar-refractivity contribution in [3.05, 3.63) is 60.2 Å². The van der Waals surface area contributed by atoms with Gasteiger partial charge in [0.1, 0.15) is 17.9 Å². The number of benzene rings is 2. The number of ether oxygens (including phenoxy) is 1. The molecule has 0 spiro atoms. The van der Waals surface area contributed by atoms with Crippen LogP contribution in [-0.2, 0) is 0 Å². The highest BCUT2D eigenvalue weighted by atomic mass is 19.3. The Morgan fingerprint density at radius 1 is 1.10 bits per heavy atom. The van der Waals surface area contributed by atoms with Gasteiger partial charge in [-0.3, -0.25) is 0 Å². The second-order valence-electron chi connectivity index (χ2n) is 4.45. The highest BCUT2D eigenvalue weighted by molar-refractivity contribution is 5.49. The van der Waals surface area contributed by atoms with Crippen LogP contribution in [0.1, 0.15) is 11.6 Å². The molecular weight excluding hydrogens is 274 g/mol. The first kappa shape index (κ1) is 14.8. The molecule has 1 atom stereocenters. The van der Waals surface area contributed by atoms with Gasteiger partial charge in [0.2, 0.25) is 0 Å². The molecule has 0 aliphatic carbocycles. The number of rotatable bonds is 5. The number of halogens is 2. The number of anilines is 1. The van der Waals surface area contributed by atoms with E-state index in [0.29, 0.717) is 17.0 Å². The lowest BCUT2D eigenvalue weighted by Crippen LogP contribution is -2.30. The molecule has 0 amide bonds. The van der Waals surface area contributed by atoms with Crippen molar-refractivity contribution in [2.24, 2.45) is 0 Å². The van der Waals surface area contributed by atoms with Crippen molar-refractivity contribution < 1.29 is 13.5 Å². The number of methoxy groups -OCH3 is 1. The van der Waals surface area contributed by atoms with Gasteiger partial charge >= 0.3 is 5.92 Å². The van der Waals surface area contributed by atoms with Crippen molar-refractivity contribution in [1.29, 1.82) is 5.26 Å². The largest absolute Gasteiger partial charge is 0.497 e. The molecule has 2 rings (SSSR count). The van der Waals surface area contributed by atoms with E-state index in [4.69, 9.17) is 10.00 Å². The summed E-state index contributed by atoms with van der Waals surface area (Å²) in [4.78, 5) is 0. The van der Waals surface area contributed by atoms with E-state index in [0.717, 1.165) is 6.07 Å². The maximum absolute atomic E-state index is 13.9. The highest BCUT2D eigenvalue weighted by Gasteiger charge is 2.40. The summed E-state index contributed by atoms with van der Waals surface area (Å²) in [6.45, 7) is 0. The number of nitrogens with zero attached hydrogens (tertiary/aromatic N) is 1. The van der Waals surface area contributed by atoms with E-state index in [2.05, 4.69) is 5.32 Å². The maximum Gasteiger partial charge on any atom is 0.355 e. The zero-order chi connectivity index (χ0) is 15.3. The molecule has 0 heterocycles. The summed E-state index contributed by atoms with van der Waals surface area (Å²) in [6, 6.07) is 14.4. The third-order valence-corrected chi connectivity index (χ3v) is 3.05. The van der Waals surface area contributed by atoms with Crippen LogP contribution in [0.4, 0.5) is 14.5 Å². The molecule has 0 bridgehead atoms. The van der Waals surface area contributed by atoms with Crippen LogP contribution in [0, 0.1) is 11.3 Å². The van der Waals surface area contributed by atoms with Crippen LogP contribution in [0.5, 0.6) is 5.75 Å². The van der Waals surface area contributed by atoms with E-state index in [9.17, 15) is 8.78 Å². The van der Waals surface area contributed by atoms with Gasteiger partial charge in [0.15, 0.2) is 0 Å². The summed E-state index contributed by atoms with van der Waals surface area (Å²) in [5.74, 6) is -2.90. The number of hydrogen-bond donors (Lipinski definition) is 1. The van der Waals surface area contributed by atoms with E-state index in [1.807, 2.05) is 0 Å². The third-order valence-electron chi connectivity index (χ3n) is 3.05. The molecule has 0 aromatic heterocycles. The molecule has 5 heteroatoms. The summed E-state index contributed by atoms with van der Waals surface area (Å²) in [6.07, 6.45) is 0. The zero-order valence-corrected chi connectivity index (χ0v) is 11.4. The van der Waals surface area contributed by atoms with Gasteiger partial charge < -0.3 is 10.1 Å². The molecule has 2 aromatic rings. The van der Waals surface area contributed by atoms with Crippen LogP contribution in [0.25, 0.3) is 0 Å². The van der Waals surface area contributed by atoms with Gasteiger partial charge in [0, 0.05) is 5.69 Å². The minimum absolute atomic E-state index is 0.347. The zero-order valence-electron chi connectivity index (χ0n) is 11.4. The first-order valence-electron chi connectivity index (χ1n) is 6.31. The maximum atomic E-state index is 13.9. The molecule has 1 N–H and O–H groups in total. The fourth-order valence-corrected chi connectivity index (χ4v) is 1.95. The Labute approximate surface area is 121 Å². The number of nitrogens with one attached hydrogen (secondary N) is 1. The lowest BCUT2D eigenvalue weighted by atomic mass is 10.0. The van der Waals surface area contributed by atoms with Crippen LogP contribution in [0.2, 0.25) is 0 Å². The average Bonchev–Trinajstić information content (AvgIpc) is 2.54. The normalized spacial score (nSPS) is 12.3. The number of hydrogen-bond acceptors (Lipinski definition) is 3. The molecule has 0 radical (unpaired) electrons. The quantitative estimate of drug-likeness (QED) is 0.904. The van der Waals surface area contributed by atoms with Crippen molar-refractivity contribution in [1.82, 2.24) is 0 Å². The minimum atomic E-state index is -3.53. The second kappa shape index (κ2) is 6.23. The monoisotopic (exact) mass is 288 g/mol. The van der Waals surface area contributed by atoms with E-state index < -0.39 is 12.0 Å².